The number of para-hydroxylation sites is 2. The molecule has 2 N–H and O–H groups in total. The number of nitrogens with one attached hydrogen (secondary N) is 2. The highest BCUT2D eigenvalue weighted by Gasteiger charge is 2.08. The molecule has 0 saturated carbocycles. The monoisotopic (exact) mass is 400 g/mol. The molecule has 0 aliphatic carbocycles. The lowest BCUT2D eigenvalue weighted by atomic mass is 10.2. The van der Waals surface area contributed by atoms with Gasteiger partial charge in [0.25, 0.3) is 11.8 Å². The number of hydrogen-bond donors (Lipinski definition) is 2. The lowest BCUT2D eigenvalue weighted by Crippen LogP contribution is -2.43. The summed E-state index contributed by atoms with van der Waals surface area (Å²) in [4.78, 5) is 23.8. The van der Waals surface area contributed by atoms with E-state index in [-0.39, 0.29) is 6.61 Å². The molecule has 8 nitrogen and oxygen atoms in total. The van der Waals surface area contributed by atoms with E-state index in [2.05, 4.69) is 10.9 Å². The number of hydrazine groups is 1. The summed E-state index contributed by atoms with van der Waals surface area (Å²) < 4.78 is 21.2. The molecule has 0 heterocycles. The third kappa shape index (κ3) is 6.76. The van der Waals surface area contributed by atoms with Gasteiger partial charge < -0.3 is 18.9 Å². The van der Waals surface area contributed by atoms with Crippen molar-refractivity contribution < 1.29 is 28.5 Å². The first-order valence-electron chi connectivity index (χ1n) is 8.91. The van der Waals surface area contributed by atoms with Gasteiger partial charge in [-0.2, -0.15) is 0 Å². The molecule has 2 rings (SSSR count). The molecule has 154 valence electrons. The third-order valence-corrected chi connectivity index (χ3v) is 3.67. The maximum absolute atomic E-state index is 11.9. The summed E-state index contributed by atoms with van der Waals surface area (Å²) in [6.45, 7) is 2.06. The van der Waals surface area contributed by atoms with Crippen molar-refractivity contribution in [2.75, 3.05) is 27.4 Å². The van der Waals surface area contributed by atoms with Crippen LogP contribution in [0, 0.1) is 0 Å². The maximum Gasteiger partial charge on any atom is 0.276 e. The molecule has 0 spiro atoms. The van der Waals surface area contributed by atoms with Crippen molar-refractivity contribution in [2.45, 2.75) is 6.92 Å². The Morgan fingerprint density at radius 1 is 0.897 bits per heavy atom. The third-order valence-electron chi connectivity index (χ3n) is 3.67. The van der Waals surface area contributed by atoms with Gasteiger partial charge in [0.05, 0.1) is 20.8 Å². The molecule has 0 atom stereocenters. The fourth-order valence-electron chi connectivity index (χ4n) is 2.32. The first-order chi connectivity index (χ1) is 14.1. The lowest BCUT2D eigenvalue weighted by molar-refractivity contribution is -0.128. The highest BCUT2D eigenvalue weighted by atomic mass is 16.5. The van der Waals surface area contributed by atoms with Crippen LogP contribution in [-0.4, -0.2) is 39.2 Å². The van der Waals surface area contributed by atoms with Gasteiger partial charge in [-0.1, -0.05) is 18.2 Å². The van der Waals surface area contributed by atoms with Crippen LogP contribution in [0.15, 0.2) is 48.5 Å². The van der Waals surface area contributed by atoms with Crippen LogP contribution in [-0.2, 0) is 9.59 Å². The van der Waals surface area contributed by atoms with E-state index in [4.69, 9.17) is 18.9 Å². The zero-order chi connectivity index (χ0) is 21.1. The van der Waals surface area contributed by atoms with E-state index in [0.717, 1.165) is 5.56 Å². The second kappa shape index (κ2) is 11.2. The molecular weight excluding hydrogens is 376 g/mol. The number of hydrogen-bond acceptors (Lipinski definition) is 6. The standard InChI is InChI=1S/C21H24N2O6/c1-4-28-17-7-5-6-8-18(17)29-14-21(25)23-22-20(24)12-10-15-9-11-16(26-2)19(13-15)27-3/h5-13H,4,14H2,1-3H3,(H,22,24)(H,23,25)/b12-10+. The molecule has 0 saturated heterocycles. The van der Waals surface area contributed by atoms with Crippen molar-refractivity contribution in [3.63, 3.8) is 0 Å². The zero-order valence-electron chi connectivity index (χ0n) is 16.6. The summed E-state index contributed by atoms with van der Waals surface area (Å²) in [5.74, 6) is 1.13. The Kier molecular flexibility index (Phi) is 8.37. The average molecular weight is 400 g/mol. The molecule has 0 aliphatic rings. The van der Waals surface area contributed by atoms with Crippen molar-refractivity contribution in [3.05, 3.63) is 54.1 Å². The fraction of sp³-hybridized carbons (Fsp3) is 0.238. The molecule has 0 unspecified atom stereocenters. The van der Waals surface area contributed by atoms with Gasteiger partial charge in [0.1, 0.15) is 0 Å². The van der Waals surface area contributed by atoms with Crippen LogP contribution < -0.4 is 29.8 Å². The van der Waals surface area contributed by atoms with Crippen LogP contribution in [0.4, 0.5) is 0 Å². The van der Waals surface area contributed by atoms with Crippen molar-refractivity contribution >= 4 is 17.9 Å². The van der Waals surface area contributed by atoms with Gasteiger partial charge >= 0.3 is 0 Å². The fourth-order valence-corrected chi connectivity index (χ4v) is 2.32. The number of benzene rings is 2. The molecular formula is C21H24N2O6. The van der Waals surface area contributed by atoms with Crippen LogP contribution in [0.5, 0.6) is 23.0 Å². The van der Waals surface area contributed by atoms with Gasteiger partial charge in [0.15, 0.2) is 29.6 Å². The van der Waals surface area contributed by atoms with Gasteiger partial charge in [-0.15, -0.1) is 0 Å². The summed E-state index contributed by atoms with van der Waals surface area (Å²) in [6, 6.07) is 12.3. The topological polar surface area (TPSA) is 95.1 Å². The summed E-state index contributed by atoms with van der Waals surface area (Å²) >= 11 is 0. The summed E-state index contributed by atoms with van der Waals surface area (Å²) in [5.41, 5.74) is 5.30. The van der Waals surface area contributed by atoms with Crippen LogP contribution >= 0.6 is 0 Å². The van der Waals surface area contributed by atoms with Gasteiger partial charge in [-0.3, -0.25) is 20.4 Å². The lowest BCUT2D eigenvalue weighted by Gasteiger charge is -2.11. The quantitative estimate of drug-likeness (QED) is 0.496. The van der Waals surface area contributed by atoms with E-state index in [1.807, 2.05) is 13.0 Å². The SMILES string of the molecule is CCOc1ccccc1OCC(=O)NNC(=O)/C=C/c1ccc(OC)c(OC)c1. The van der Waals surface area contributed by atoms with Crippen LogP contribution in [0.2, 0.25) is 0 Å². The Hall–Kier alpha value is -3.68. The predicted octanol–water partition coefficient (Wildman–Crippen LogP) is 2.34. The highest BCUT2D eigenvalue weighted by molar-refractivity contribution is 5.93. The van der Waals surface area contributed by atoms with Crippen LogP contribution in [0.25, 0.3) is 6.08 Å². The summed E-state index contributed by atoms with van der Waals surface area (Å²) in [5, 5.41) is 0. The normalized spacial score (nSPS) is 10.3. The van der Waals surface area contributed by atoms with E-state index >= 15 is 0 Å². The largest absolute Gasteiger partial charge is 0.493 e. The molecule has 0 bridgehead atoms. The van der Waals surface area contributed by atoms with Crippen molar-refractivity contribution in [1.82, 2.24) is 10.9 Å². The van der Waals surface area contributed by atoms with Gasteiger partial charge in [-0.05, 0) is 42.8 Å². The Morgan fingerprint density at radius 3 is 2.24 bits per heavy atom. The molecule has 2 aromatic rings. The first-order valence-corrected chi connectivity index (χ1v) is 8.91. The average Bonchev–Trinajstić information content (AvgIpc) is 2.75. The number of amides is 2. The van der Waals surface area contributed by atoms with E-state index < -0.39 is 11.8 Å². The minimum atomic E-state index is -0.510. The Balaban J connectivity index is 1.81. The number of carbonyl (C=O) groups excluding carboxylic acids is 2. The zero-order valence-corrected chi connectivity index (χ0v) is 16.6. The highest BCUT2D eigenvalue weighted by Crippen LogP contribution is 2.28. The van der Waals surface area contributed by atoms with Gasteiger partial charge in [0, 0.05) is 6.08 Å². The summed E-state index contributed by atoms with van der Waals surface area (Å²) in [7, 11) is 3.07. The number of methoxy groups -OCH3 is 2. The number of rotatable bonds is 9. The molecule has 29 heavy (non-hydrogen) atoms. The van der Waals surface area contributed by atoms with E-state index in [9.17, 15) is 9.59 Å². The Bertz CT molecular complexity index is 866. The number of ether oxygens (including phenoxy) is 4. The minimum Gasteiger partial charge on any atom is -0.493 e. The molecule has 2 amide bonds. The smallest absolute Gasteiger partial charge is 0.276 e. The van der Waals surface area contributed by atoms with Gasteiger partial charge in [-0.25, -0.2) is 0 Å². The van der Waals surface area contributed by atoms with Crippen molar-refractivity contribution in [3.8, 4) is 23.0 Å². The second-order valence-corrected chi connectivity index (χ2v) is 5.65. The molecule has 0 aliphatic heterocycles. The van der Waals surface area contributed by atoms with E-state index in [0.29, 0.717) is 29.6 Å². The minimum absolute atomic E-state index is 0.274. The number of carbonyl (C=O) groups is 2. The maximum atomic E-state index is 11.9. The molecule has 2 aromatic carbocycles. The van der Waals surface area contributed by atoms with Crippen molar-refractivity contribution in [1.29, 1.82) is 0 Å². The molecule has 0 aromatic heterocycles. The summed E-state index contributed by atoms with van der Waals surface area (Å²) in [6.07, 6.45) is 2.87. The second-order valence-electron chi connectivity index (χ2n) is 5.65. The van der Waals surface area contributed by atoms with Crippen LogP contribution in [0.1, 0.15) is 12.5 Å². The molecule has 0 radical (unpaired) electrons. The van der Waals surface area contributed by atoms with E-state index in [1.165, 1.54) is 13.2 Å². The molecule has 8 heteroatoms. The van der Waals surface area contributed by atoms with Gasteiger partial charge in [0.2, 0.25) is 0 Å². The van der Waals surface area contributed by atoms with E-state index in [1.54, 1.807) is 49.6 Å². The first kappa shape index (κ1) is 21.6. The van der Waals surface area contributed by atoms with Crippen LogP contribution in [0.3, 0.4) is 0 Å². The molecule has 0 fully saturated rings. The Labute approximate surface area is 169 Å². The van der Waals surface area contributed by atoms with Crippen molar-refractivity contribution in [2.24, 2.45) is 0 Å². The Morgan fingerprint density at radius 2 is 1.59 bits per heavy atom. The predicted molar refractivity (Wildman–Crippen MR) is 108 cm³/mol.